The molecule has 3 saturated heterocycles. The van der Waals surface area contributed by atoms with E-state index in [4.69, 9.17) is 33.4 Å². The van der Waals surface area contributed by atoms with Crippen molar-refractivity contribution in [2.75, 3.05) is 80.3 Å². The molecule has 11 rings (SSSR count). The zero-order valence-corrected chi connectivity index (χ0v) is 45.5. The summed E-state index contributed by atoms with van der Waals surface area (Å²) >= 11 is 6.79. The van der Waals surface area contributed by atoms with E-state index in [9.17, 15) is 38.4 Å². The van der Waals surface area contributed by atoms with Gasteiger partial charge >= 0.3 is 18.3 Å². The van der Waals surface area contributed by atoms with E-state index < -0.39 is 65.7 Å². The number of cyclic esters (lactones) is 3. The van der Waals surface area contributed by atoms with Crippen molar-refractivity contribution in [3.8, 4) is 39.9 Å². The van der Waals surface area contributed by atoms with E-state index in [2.05, 4.69) is 47.5 Å². The zero-order valence-electron chi connectivity index (χ0n) is 42.3. The molecule has 79 heavy (non-hydrogen) atoms. The largest absolute Gasteiger partial charge is 0.493 e. The van der Waals surface area contributed by atoms with Crippen LogP contribution in [0.4, 0.5) is 31.4 Å². The van der Waals surface area contributed by atoms with Gasteiger partial charge in [0.15, 0.2) is 11.6 Å². The van der Waals surface area contributed by atoms with E-state index in [0.717, 1.165) is 28.3 Å². The number of halogens is 2. The summed E-state index contributed by atoms with van der Waals surface area (Å²) in [5.74, 6) is -0.0250. The lowest BCUT2D eigenvalue weighted by Gasteiger charge is -2.25. The van der Waals surface area contributed by atoms with E-state index in [1.807, 2.05) is 36.4 Å². The quantitative estimate of drug-likeness (QED) is 0.0762. The molecule has 0 bridgehead atoms. The fourth-order valence-electron chi connectivity index (χ4n) is 10.1. The number of hydrogen-bond acceptors (Lipinski definition) is 15. The summed E-state index contributed by atoms with van der Waals surface area (Å²) in [7, 11) is 0. The Hall–Kier alpha value is -7.99. The first-order valence-corrected chi connectivity index (χ1v) is 27.6. The third kappa shape index (κ3) is 11.5. The Morgan fingerprint density at radius 3 is 1.67 bits per heavy atom. The number of nitrogens with one attached hydrogen (secondary N) is 3. The number of hydrogen-bond donors (Lipinski definition) is 3. The molecule has 1 aromatic heterocycles. The Kier molecular flexibility index (Phi) is 15.3. The van der Waals surface area contributed by atoms with Gasteiger partial charge in [-0.25, -0.2) is 19.4 Å². The fourth-order valence-corrected chi connectivity index (χ4v) is 11.0. The molecule has 22 nitrogen and oxygen atoms in total. The number of fused-ring (bicyclic) bond motifs is 5. The first-order chi connectivity index (χ1) is 38.2. The van der Waals surface area contributed by atoms with Crippen molar-refractivity contribution in [2.45, 2.75) is 60.1 Å². The van der Waals surface area contributed by atoms with Crippen LogP contribution in [0, 0.1) is 0 Å². The summed E-state index contributed by atoms with van der Waals surface area (Å²) < 4.78 is 34.7. The van der Waals surface area contributed by atoms with E-state index in [-0.39, 0.29) is 68.5 Å². The average Bonchev–Trinajstić information content (AvgIpc) is 4.22. The standard InChI is InChI=1S/C55H52Br2N8O14/c56-40-14-17-74-44-21-32(7-10-38(44)50(40)69)63-26-34(77-53(63)71)23-58-46(66)12-13-48(68)62(29-47(67)59-24-35-27-64(54(72)78-35)33-8-11-39-45(22-33)75-18-15-41(57)51(39)70)25-36-28-65(55(73)79-36)31-6-9-37-43(20-31)76-19-16-42-49(37)61-52(60-42)30-4-2-1-3-5-30/h1-11,20-22,34-36,40-41H,12-19,23-29H2,(H,58,66)(H,59,67)(H,60,61). The van der Waals surface area contributed by atoms with Crippen molar-refractivity contribution in [2.24, 2.45) is 0 Å². The Labute approximate surface area is 468 Å². The third-order valence-electron chi connectivity index (χ3n) is 14.2. The Morgan fingerprint density at radius 1 is 0.608 bits per heavy atom. The lowest BCUT2D eigenvalue weighted by Crippen LogP contribution is -2.46. The first kappa shape index (κ1) is 53.0. The van der Waals surface area contributed by atoms with E-state index in [1.165, 1.54) is 19.6 Å². The van der Waals surface area contributed by atoms with Crippen LogP contribution in [0.15, 0.2) is 84.9 Å². The number of ether oxygens (including phenoxy) is 6. The summed E-state index contributed by atoms with van der Waals surface area (Å²) in [6, 6.07) is 24.8. The van der Waals surface area contributed by atoms with Crippen LogP contribution in [0.25, 0.3) is 22.6 Å². The SMILES string of the molecule is O=C(CCC(=O)N(CC(=O)NCC1CN(c2ccc3c(c2)OCCC(Br)C3=O)C(=O)O1)CC1CN(c2ccc3c(c2)OCCc2[nH]c(-c4ccccc4)nc2-3)C(=O)O1)NCC1CN(c2ccc3c(c2)OCCC(Br)C3=O)C(=O)O1. The summed E-state index contributed by atoms with van der Waals surface area (Å²) in [5, 5.41) is 5.48. The number of anilines is 3. The average molecular weight is 1210 g/mol. The molecule has 0 radical (unpaired) electrons. The number of nitrogens with zero attached hydrogens (tertiary/aromatic N) is 5. The summed E-state index contributed by atoms with van der Waals surface area (Å²) in [4.78, 5) is 119. The molecule has 6 aliphatic heterocycles. The van der Waals surface area contributed by atoms with Crippen molar-refractivity contribution in [3.05, 3.63) is 102 Å². The number of H-pyrrole nitrogens is 1. The van der Waals surface area contributed by atoms with Gasteiger partial charge in [0.1, 0.15) is 41.4 Å². The van der Waals surface area contributed by atoms with Gasteiger partial charge in [0.05, 0.1) is 109 Å². The number of carbonyl (C=O) groups is 8. The van der Waals surface area contributed by atoms with Gasteiger partial charge in [-0.05, 0) is 36.4 Å². The highest BCUT2D eigenvalue weighted by molar-refractivity contribution is 9.10. The van der Waals surface area contributed by atoms with E-state index >= 15 is 0 Å². The normalized spacial score (nSPS) is 21.3. The highest BCUT2D eigenvalue weighted by Gasteiger charge is 2.39. The van der Waals surface area contributed by atoms with Gasteiger partial charge < -0.3 is 48.9 Å². The smallest absolute Gasteiger partial charge is 0.414 e. The highest BCUT2D eigenvalue weighted by atomic mass is 79.9. The maximum Gasteiger partial charge on any atom is 0.414 e. The monoisotopic (exact) mass is 1210 g/mol. The number of rotatable bonds is 15. The van der Waals surface area contributed by atoms with Gasteiger partial charge in [-0.2, -0.15) is 0 Å². The molecule has 0 spiro atoms. The molecule has 3 fully saturated rings. The topological polar surface area (TPSA) is 258 Å². The van der Waals surface area contributed by atoms with Gasteiger partial charge in [0.2, 0.25) is 17.7 Å². The van der Waals surface area contributed by atoms with Crippen LogP contribution in [0.3, 0.4) is 0 Å². The molecule has 7 heterocycles. The van der Waals surface area contributed by atoms with E-state index in [0.29, 0.717) is 84.5 Å². The molecule has 5 aromatic rings. The number of amides is 6. The molecule has 410 valence electrons. The van der Waals surface area contributed by atoms with Crippen LogP contribution in [0.5, 0.6) is 17.2 Å². The second kappa shape index (κ2) is 22.8. The van der Waals surface area contributed by atoms with Crippen LogP contribution in [0.2, 0.25) is 0 Å². The molecule has 6 aliphatic rings. The number of alkyl halides is 2. The molecule has 6 amide bonds. The Balaban J connectivity index is 0.730. The molecule has 5 atom stereocenters. The van der Waals surface area contributed by atoms with Crippen LogP contribution < -0.4 is 39.5 Å². The number of aromatic amines is 1. The van der Waals surface area contributed by atoms with Crippen molar-refractivity contribution in [1.82, 2.24) is 25.5 Å². The minimum absolute atomic E-state index is 0.00675. The number of ketones is 2. The molecule has 0 aliphatic carbocycles. The summed E-state index contributed by atoms with van der Waals surface area (Å²) in [6.45, 7) is 0.239. The minimum atomic E-state index is -0.901. The molecular weight excluding hydrogens is 1160 g/mol. The molecule has 24 heteroatoms. The third-order valence-corrected chi connectivity index (χ3v) is 16.0. The van der Waals surface area contributed by atoms with Crippen LogP contribution in [-0.4, -0.2) is 156 Å². The fraction of sp³-hybridized carbons (Fsp3) is 0.364. The Bertz CT molecular complexity index is 3270. The maximum absolute atomic E-state index is 14.1. The van der Waals surface area contributed by atoms with Crippen LogP contribution >= 0.6 is 31.9 Å². The predicted molar refractivity (Wildman–Crippen MR) is 291 cm³/mol. The first-order valence-electron chi connectivity index (χ1n) is 25.8. The van der Waals surface area contributed by atoms with E-state index in [1.54, 1.807) is 48.5 Å². The maximum atomic E-state index is 14.1. The molecule has 3 N–H and O–H groups in total. The second-order valence-electron chi connectivity index (χ2n) is 19.6. The van der Waals surface area contributed by atoms with Gasteiger partial charge in [0.25, 0.3) is 0 Å². The van der Waals surface area contributed by atoms with Gasteiger partial charge in [-0.15, -0.1) is 0 Å². The number of imidazole rings is 1. The number of aromatic nitrogens is 2. The molecular formula is C55H52Br2N8O14. The van der Waals surface area contributed by atoms with Crippen molar-refractivity contribution in [1.29, 1.82) is 0 Å². The van der Waals surface area contributed by atoms with Gasteiger partial charge in [-0.3, -0.25) is 38.7 Å². The number of benzene rings is 4. The lowest BCUT2D eigenvalue weighted by atomic mass is 10.1. The second-order valence-corrected chi connectivity index (χ2v) is 21.8. The summed E-state index contributed by atoms with van der Waals surface area (Å²) in [5.41, 5.74) is 5.51. The Morgan fingerprint density at radius 2 is 1.10 bits per heavy atom. The van der Waals surface area contributed by atoms with Crippen LogP contribution in [0.1, 0.15) is 52.1 Å². The van der Waals surface area contributed by atoms with Gasteiger partial charge in [0, 0.05) is 67.1 Å². The van der Waals surface area contributed by atoms with Gasteiger partial charge in [-0.1, -0.05) is 62.2 Å². The molecule has 0 saturated carbocycles. The minimum Gasteiger partial charge on any atom is -0.493 e. The van der Waals surface area contributed by atoms with Crippen LogP contribution in [-0.2, 0) is 35.0 Å². The zero-order chi connectivity index (χ0) is 54.9. The number of Topliss-reactive ketones (excluding diaryl/α,β-unsaturated/α-hetero) is 2. The summed E-state index contributed by atoms with van der Waals surface area (Å²) in [6.07, 6.45) is -3.51. The van der Waals surface area contributed by atoms with Crippen molar-refractivity contribution < 1.29 is 66.8 Å². The number of carbonyl (C=O) groups excluding carboxylic acids is 8. The molecule has 4 aromatic carbocycles. The van der Waals surface area contributed by atoms with Crippen molar-refractivity contribution >= 4 is 96.5 Å². The highest BCUT2D eigenvalue weighted by Crippen LogP contribution is 2.40. The molecule has 5 unspecified atom stereocenters. The van der Waals surface area contributed by atoms with Crippen molar-refractivity contribution in [3.63, 3.8) is 0 Å². The lowest BCUT2D eigenvalue weighted by molar-refractivity contribution is -0.138. The predicted octanol–water partition coefficient (Wildman–Crippen LogP) is 6.35.